The number of H-pyrrole nitrogens is 1. The largest absolute Gasteiger partial charge is 0.444 e. The third-order valence-electron chi connectivity index (χ3n) is 3.90. The minimum Gasteiger partial charge on any atom is -0.444 e. The number of amides is 2. The lowest BCUT2D eigenvalue weighted by Crippen LogP contribution is -2.33. The van der Waals surface area contributed by atoms with Gasteiger partial charge in [0.2, 0.25) is 0 Å². The Bertz CT molecular complexity index is 1020. The molecule has 14 heteroatoms. The highest BCUT2D eigenvalue weighted by Gasteiger charge is 2.37. The first-order chi connectivity index (χ1) is 13.8. The van der Waals surface area contributed by atoms with Gasteiger partial charge in [-0.15, -0.1) is 0 Å². The number of carbonyl (C=O) groups excluding carboxylic acids is 2. The summed E-state index contributed by atoms with van der Waals surface area (Å²) in [5, 5.41) is 9.11. The van der Waals surface area contributed by atoms with Crippen molar-refractivity contribution in [2.75, 3.05) is 11.1 Å². The molecule has 162 valence electrons. The predicted octanol–water partition coefficient (Wildman–Crippen LogP) is 3.07. The van der Waals surface area contributed by atoms with Crippen LogP contribution in [0.25, 0.3) is 0 Å². The van der Waals surface area contributed by atoms with Gasteiger partial charge in [-0.25, -0.2) is 14.8 Å². The van der Waals surface area contributed by atoms with Crippen LogP contribution in [0.1, 0.15) is 48.2 Å². The number of rotatable bonds is 2. The van der Waals surface area contributed by atoms with E-state index in [-0.39, 0.29) is 18.9 Å². The summed E-state index contributed by atoms with van der Waals surface area (Å²) in [6.07, 6.45) is -5.33. The number of nitrogens with two attached hydrogens (primary N) is 1. The van der Waals surface area contributed by atoms with Gasteiger partial charge in [0.1, 0.15) is 16.0 Å². The summed E-state index contributed by atoms with van der Waals surface area (Å²) < 4.78 is 43.3. The second-order valence-electron chi connectivity index (χ2n) is 7.41. The summed E-state index contributed by atoms with van der Waals surface area (Å²) in [7, 11) is 0. The fourth-order valence-corrected chi connectivity index (χ4v) is 3.13. The van der Waals surface area contributed by atoms with Crippen molar-refractivity contribution < 1.29 is 27.5 Å². The Kier molecular flexibility index (Phi) is 5.39. The summed E-state index contributed by atoms with van der Waals surface area (Å²) in [5.41, 5.74) is 4.04. The Balaban J connectivity index is 1.77. The standard InChI is InChI=1S/C16H17BrF3N7O3/c1-15(2,3)30-14(29)27-4-6-7(5-27)25-26-12(6)24-13(28)8-11(21)23-9(10(17)22-8)16(18,19)20/h4-5H2,1-3H3,(H2,21,23)(H2,24,25,26,28). The molecule has 0 saturated carbocycles. The molecule has 0 unspecified atom stereocenters. The van der Waals surface area contributed by atoms with Crippen molar-refractivity contribution in [1.82, 2.24) is 25.1 Å². The smallest absolute Gasteiger partial charge is 0.436 e. The summed E-state index contributed by atoms with van der Waals surface area (Å²) in [5.74, 6) is -1.41. The third-order valence-corrected chi connectivity index (χ3v) is 4.45. The zero-order valence-corrected chi connectivity index (χ0v) is 17.6. The number of carbonyl (C=O) groups is 2. The van der Waals surface area contributed by atoms with Gasteiger partial charge in [-0.3, -0.25) is 14.8 Å². The van der Waals surface area contributed by atoms with E-state index in [1.165, 1.54) is 4.90 Å². The van der Waals surface area contributed by atoms with Crippen molar-refractivity contribution in [2.45, 2.75) is 45.6 Å². The lowest BCUT2D eigenvalue weighted by molar-refractivity contribution is -0.142. The number of alkyl halides is 3. The van der Waals surface area contributed by atoms with Crippen molar-refractivity contribution in [3.8, 4) is 0 Å². The molecule has 0 spiro atoms. The lowest BCUT2D eigenvalue weighted by Gasteiger charge is -2.24. The van der Waals surface area contributed by atoms with Crippen LogP contribution in [0.15, 0.2) is 4.60 Å². The molecule has 0 aliphatic carbocycles. The average molecular weight is 492 g/mol. The molecule has 1 aliphatic rings. The summed E-state index contributed by atoms with van der Waals surface area (Å²) in [6.45, 7) is 5.50. The van der Waals surface area contributed by atoms with Crippen LogP contribution in [0, 0.1) is 0 Å². The number of nitrogens with zero attached hydrogens (tertiary/aromatic N) is 4. The van der Waals surface area contributed by atoms with Crippen LogP contribution < -0.4 is 11.1 Å². The second kappa shape index (κ2) is 7.41. The van der Waals surface area contributed by atoms with E-state index in [4.69, 9.17) is 10.5 Å². The zero-order chi connectivity index (χ0) is 22.4. The highest BCUT2D eigenvalue weighted by Crippen LogP contribution is 2.34. The van der Waals surface area contributed by atoms with Gasteiger partial charge in [-0.1, -0.05) is 0 Å². The zero-order valence-electron chi connectivity index (χ0n) is 16.0. The monoisotopic (exact) mass is 491 g/mol. The number of anilines is 2. The molecule has 4 N–H and O–H groups in total. The first-order valence-corrected chi connectivity index (χ1v) is 9.31. The molecule has 0 atom stereocenters. The SMILES string of the molecule is CC(C)(C)OC(=O)N1Cc2n[nH]c(NC(=O)c3nc(Br)c(C(F)(F)F)nc3N)c2C1. The van der Waals surface area contributed by atoms with Crippen molar-refractivity contribution in [2.24, 2.45) is 0 Å². The normalized spacial score (nSPS) is 13.9. The van der Waals surface area contributed by atoms with Crippen LogP contribution in [-0.4, -0.2) is 42.7 Å². The van der Waals surface area contributed by atoms with Crippen molar-refractivity contribution >= 4 is 39.6 Å². The van der Waals surface area contributed by atoms with Gasteiger partial charge in [0, 0.05) is 5.56 Å². The number of nitrogen functional groups attached to an aromatic ring is 1. The summed E-state index contributed by atoms with van der Waals surface area (Å²) >= 11 is 2.65. The van der Waals surface area contributed by atoms with E-state index in [1.54, 1.807) is 20.8 Å². The fourth-order valence-electron chi connectivity index (χ4n) is 2.64. The second-order valence-corrected chi connectivity index (χ2v) is 8.16. The van der Waals surface area contributed by atoms with E-state index in [9.17, 15) is 22.8 Å². The molecule has 10 nitrogen and oxygen atoms in total. The molecule has 1 aliphatic heterocycles. The Morgan fingerprint density at radius 2 is 1.90 bits per heavy atom. The Hall–Kier alpha value is -2.90. The highest BCUT2D eigenvalue weighted by molar-refractivity contribution is 9.10. The first kappa shape index (κ1) is 21.8. The Labute approximate surface area is 176 Å². The number of fused-ring (bicyclic) bond motifs is 1. The van der Waals surface area contributed by atoms with E-state index in [1.807, 2.05) is 0 Å². The van der Waals surface area contributed by atoms with Gasteiger partial charge < -0.3 is 15.8 Å². The number of nitrogens with one attached hydrogen (secondary N) is 2. The molecule has 2 aromatic rings. The topological polar surface area (TPSA) is 139 Å². The molecule has 0 fully saturated rings. The maximum absolute atomic E-state index is 12.9. The Morgan fingerprint density at radius 1 is 1.23 bits per heavy atom. The molecule has 3 rings (SSSR count). The lowest BCUT2D eigenvalue weighted by atomic mass is 10.2. The molecule has 2 amide bonds. The molecule has 2 aromatic heterocycles. The molecular formula is C16H17BrF3N7O3. The molecule has 0 radical (unpaired) electrons. The molecular weight excluding hydrogens is 475 g/mol. The fraction of sp³-hybridized carbons (Fsp3) is 0.438. The number of halogens is 4. The Morgan fingerprint density at radius 3 is 2.50 bits per heavy atom. The molecule has 30 heavy (non-hydrogen) atoms. The van der Waals surface area contributed by atoms with E-state index in [0.717, 1.165) is 0 Å². The van der Waals surface area contributed by atoms with Crippen molar-refractivity contribution in [3.05, 3.63) is 27.2 Å². The van der Waals surface area contributed by atoms with Gasteiger partial charge in [0.25, 0.3) is 5.91 Å². The maximum Gasteiger partial charge on any atom is 0.436 e. The van der Waals surface area contributed by atoms with Crippen LogP contribution in [0.4, 0.5) is 29.6 Å². The van der Waals surface area contributed by atoms with E-state index >= 15 is 0 Å². The van der Waals surface area contributed by atoms with E-state index < -0.39 is 45.6 Å². The minimum absolute atomic E-state index is 0.119. The van der Waals surface area contributed by atoms with Crippen LogP contribution in [0.5, 0.6) is 0 Å². The van der Waals surface area contributed by atoms with Crippen molar-refractivity contribution in [3.63, 3.8) is 0 Å². The van der Waals surface area contributed by atoms with Gasteiger partial charge in [-0.2, -0.15) is 18.3 Å². The van der Waals surface area contributed by atoms with Crippen LogP contribution in [0.2, 0.25) is 0 Å². The number of hydrogen-bond acceptors (Lipinski definition) is 7. The quantitative estimate of drug-likeness (QED) is 0.586. The molecule has 0 aromatic carbocycles. The van der Waals surface area contributed by atoms with Crippen LogP contribution in [-0.2, 0) is 24.0 Å². The summed E-state index contributed by atoms with van der Waals surface area (Å²) in [6, 6.07) is 0. The van der Waals surface area contributed by atoms with E-state index in [2.05, 4.69) is 41.4 Å². The highest BCUT2D eigenvalue weighted by atomic mass is 79.9. The van der Waals surface area contributed by atoms with Crippen LogP contribution in [0.3, 0.4) is 0 Å². The predicted molar refractivity (Wildman–Crippen MR) is 101 cm³/mol. The maximum atomic E-state index is 12.9. The van der Waals surface area contributed by atoms with Gasteiger partial charge >= 0.3 is 12.3 Å². The molecule has 0 saturated heterocycles. The third kappa shape index (κ3) is 4.47. The average Bonchev–Trinajstić information content (AvgIpc) is 3.16. The van der Waals surface area contributed by atoms with E-state index in [0.29, 0.717) is 11.3 Å². The number of ether oxygens (including phenoxy) is 1. The van der Waals surface area contributed by atoms with Crippen LogP contribution >= 0.6 is 15.9 Å². The first-order valence-electron chi connectivity index (χ1n) is 8.52. The molecule has 0 bridgehead atoms. The summed E-state index contributed by atoms with van der Waals surface area (Å²) in [4.78, 5) is 32.9. The van der Waals surface area contributed by atoms with Gasteiger partial charge in [0.15, 0.2) is 17.2 Å². The van der Waals surface area contributed by atoms with Gasteiger partial charge in [-0.05, 0) is 36.7 Å². The number of aromatic amines is 1. The van der Waals surface area contributed by atoms with Crippen molar-refractivity contribution in [1.29, 1.82) is 0 Å². The molecule has 3 heterocycles. The number of aromatic nitrogens is 4. The number of hydrogen-bond donors (Lipinski definition) is 3. The van der Waals surface area contributed by atoms with Gasteiger partial charge in [0.05, 0.1) is 18.8 Å². The minimum atomic E-state index is -4.79.